The number of nitrogens with two attached hydrogens (primary N) is 1. The van der Waals surface area contributed by atoms with Crippen LogP contribution in [0.1, 0.15) is 45.4 Å². The van der Waals surface area contributed by atoms with E-state index in [0.717, 1.165) is 12.8 Å². The third-order valence-electron chi connectivity index (χ3n) is 3.77. The number of hydrogen-bond acceptors (Lipinski definition) is 4. The molecule has 1 unspecified atom stereocenters. The van der Waals surface area contributed by atoms with Crippen LogP contribution in [0.3, 0.4) is 0 Å². The van der Waals surface area contributed by atoms with Gasteiger partial charge in [-0.25, -0.2) is 0 Å². The number of carbonyl (C=O) groups is 1. The molecule has 1 saturated carbocycles. The second-order valence-electron chi connectivity index (χ2n) is 5.28. The molecule has 1 fully saturated rings. The molecule has 3 N–H and O–H groups in total. The summed E-state index contributed by atoms with van der Waals surface area (Å²) < 4.78 is 10.3. The maximum Gasteiger partial charge on any atom is 0.237 e. The molecule has 0 spiro atoms. The van der Waals surface area contributed by atoms with Crippen LogP contribution in [0.4, 0.5) is 0 Å². The van der Waals surface area contributed by atoms with E-state index in [1.165, 1.54) is 19.3 Å². The summed E-state index contributed by atoms with van der Waals surface area (Å²) in [5.41, 5.74) is 4.75. The van der Waals surface area contributed by atoms with Crippen molar-refractivity contribution in [2.45, 2.75) is 63.3 Å². The van der Waals surface area contributed by atoms with E-state index in [-0.39, 0.29) is 5.91 Å². The molecule has 1 aliphatic rings. The third-order valence-corrected chi connectivity index (χ3v) is 3.77. The van der Waals surface area contributed by atoms with E-state index < -0.39 is 11.8 Å². The van der Waals surface area contributed by atoms with Crippen molar-refractivity contribution in [1.29, 1.82) is 0 Å². The van der Waals surface area contributed by atoms with Gasteiger partial charge in [0, 0.05) is 26.7 Å². The monoisotopic (exact) mass is 258 g/mol. The molecule has 1 atom stereocenters. The molecule has 0 heterocycles. The van der Waals surface area contributed by atoms with Gasteiger partial charge in [-0.1, -0.05) is 19.3 Å². The molecule has 1 aliphatic carbocycles. The van der Waals surface area contributed by atoms with Crippen LogP contribution in [0.25, 0.3) is 0 Å². The highest BCUT2D eigenvalue weighted by atomic mass is 16.7. The lowest BCUT2D eigenvalue weighted by Gasteiger charge is -2.36. The minimum absolute atomic E-state index is 0.354. The lowest BCUT2D eigenvalue weighted by molar-refractivity contribution is -0.139. The second kappa shape index (κ2) is 7.07. The Kier molecular flexibility index (Phi) is 6.05. The Morgan fingerprint density at radius 1 is 1.33 bits per heavy atom. The zero-order valence-electron chi connectivity index (χ0n) is 11.7. The summed E-state index contributed by atoms with van der Waals surface area (Å²) in [4.78, 5) is 11.7. The maximum absolute atomic E-state index is 11.7. The highest BCUT2D eigenvalue weighted by molar-refractivity contribution is 5.84. The molecule has 106 valence electrons. The largest absolute Gasteiger partial charge is 0.368 e. The van der Waals surface area contributed by atoms with Gasteiger partial charge in [0.25, 0.3) is 0 Å². The van der Waals surface area contributed by atoms with E-state index in [1.807, 2.05) is 6.92 Å². The van der Waals surface area contributed by atoms with Crippen molar-refractivity contribution in [3.8, 4) is 0 Å². The van der Waals surface area contributed by atoms with Gasteiger partial charge in [-0.3, -0.25) is 4.79 Å². The number of rotatable bonds is 7. The van der Waals surface area contributed by atoms with E-state index in [9.17, 15) is 4.79 Å². The number of methoxy groups -OCH3 is 2. The maximum atomic E-state index is 11.7. The molecule has 18 heavy (non-hydrogen) atoms. The first kappa shape index (κ1) is 15.4. The highest BCUT2D eigenvalue weighted by Gasteiger charge is 2.36. The van der Waals surface area contributed by atoms with Crippen molar-refractivity contribution < 1.29 is 14.3 Å². The van der Waals surface area contributed by atoms with Gasteiger partial charge in [0.15, 0.2) is 6.29 Å². The van der Waals surface area contributed by atoms with Crippen LogP contribution < -0.4 is 11.1 Å². The van der Waals surface area contributed by atoms with E-state index in [1.54, 1.807) is 14.2 Å². The number of primary amides is 1. The normalized spacial score (nSPS) is 20.9. The molecule has 0 saturated heterocycles. The Labute approximate surface area is 109 Å². The van der Waals surface area contributed by atoms with Crippen LogP contribution in [0.15, 0.2) is 0 Å². The van der Waals surface area contributed by atoms with E-state index in [2.05, 4.69) is 5.32 Å². The van der Waals surface area contributed by atoms with E-state index in [4.69, 9.17) is 15.2 Å². The van der Waals surface area contributed by atoms with Crippen molar-refractivity contribution in [2.24, 2.45) is 5.73 Å². The Balaban J connectivity index is 2.63. The van der Waals surface area contributed by atoms with Gasteiger partial charge in [-0.15, -0.1) is 0 Å². The van der Waals surface area contributed by atoms with Crippen molar-refractivity contribution >= 4 is 5.91 Å². The molecule has 5 heteroatoms. The van der Waals surface area contributed by atoms with Crippen LogP contribution in [-0.2, 0) is 14.3 Å². The fraction of sp³-hybridized carbons (Fsp3) is 0.923. The average Bonchev–Trinajstić information content (AvgIpc) is 2.37. The molecule has 1 amide bonds. The fourth-order valence-electron chi connectivity index (χ4n) is 2.52. The van der Waals surface area contributed by atoms with Crippen molar-refractivity contribution in [3.05, 3.63) is 0 Å². The summed E-state index contributed by atoms with van der Waals surface area (Å²) in [6, 6.07) is 0.366. The average molecular weight is 258 g/mol. The van der Waals surface area contributed by atoms with Gasteiger partial charge >= 0.3 is 0 Å². The van der Waals surface area contributed by atoms with Crippen LogP contribution in [-0.4, -0.2) is 38.0 Å². The number of hydrogen-bond donors (Lipinski definition) is 2. The van der Waals surface area contributed by atoms with Gasteiger partial charge in [0.05, 0.1) is 5.54 Å². The zero-order chi connectivity index (χ0) is 13.6. The Morgan fingerprint density at radius 3 is 2.33 bits per heavy atom. The second-order valence-corrected chi connectivity index (χ2v) is 5.28. The predicted octanol–water partition coefficient (Wildman–Crippen LogP) is 1.16. The minimum atomic E-state index is -0.779. The Hall–Kier alpha value is -0.650. The summed E-state index contributed by atoms with van der Waals surface area (Å²) in [6.07, 6.45) is 5.92. The molecular weight excluding hydrogens is 232 g/mol. The lowest BCUT2D eigenvalue weighted by Crippen LogP contribution is -2.58. The topological polar surface area (TPSA) is 73.6 Å². The van der Waals surface area contributed by atoms with Gasteiger partial charge in [0.1, 0.15) is 0 Å². The van der Waals surface area contributed by atoms with Crippen LogP contribution >= 0.6 is 0 Å². The summed E-state index contributed by atoms with van der Waals surface area (Å²) in [5, 5.41) is 3.40. The van der Waals surface area contributed by atoms with Gasteiger partial charge in [0.2, 0.25) is 5.91 Å². The number of carbonyl (C=O) groups excluding carboxylic acids is 1. The molecule has 0 aromatic rings. The molecule has 0 radical (unpaired) electrons. The first-order chi connectivity index (χ1) is 8.51. The molecule has 0 aromatic heterocycles. The van der Waals surface area contributed by atoms with Crippen LogP contribution in [0.2, 0.25) is 0 Å². The first-order valence-electron chi connectivity index (χ1n) is 6.65. The molecule has 0 aliphatic heterocycles. The van der Waals surface area contributed by atoms with E-state index in [0.29, 0.717) is 12.5 Å². The Morgan fingerprint density at radius 2 is 1.89 bits per heavy atom. The fourth-order valence-corrected chi connectivity index (χ4v) is 2.52. The molecule has 1 rings (SSSR count). The molecule has 5 nitrogen and oxygen atoms in total. The van der Waals surface area contributed by atoms with Gasteiger partial charge in [-0.05, 0) is 19.8 Å². The van der Waals surface area contributed by atoms with Crippen molar-refractivity contribution in [3.63, 3.8) is 0 Å². The standard InChI is InChI=1S/C13H26N2O3/c1-13(12(14)16,9-11(17-2)18-3)15-10-7-5-4-6-8-10/h10-11,15H,4-9H2,1-3H3,(H2,14,16). The molecular formula is C13H26N2O3. The summed E-state index contributed by atoms with van der Waals surface area (Å²) in [7, 11) is 3.13. The number of ether oxygens (including phenoxy) is 2. The van der Waals surface area contributed by atoms with Gasteiger partial charge < -0.3 is 20.5 Å². The lowest BCUT2D eigenvalue weighted by atomic mass is 9.89. The Bertz CT molecular complexity index is 263. The van der Waals surface area contributed by atoms with Crippen molar-refractivity contribution in [1.82, 2.24) is 5.32 Å². The minimum Gasteiger partial charge on any atom is -0.368 e. The first-order valence-corrected chi connectivity index (χ1v) is 6.65. The smallest absolute Gasteiger partial charge is 0.237 e. The summed E-state index contributed by atoms with van der Waals surface area (Å²) in [6.45, 7) is 1.83. The quantitative estimate of drug-likeness (QED) is 0.672. The van der Waals surface area contributed by atoms with Crippen molar-refractivity contribution in [2.75, 3.05) is 14.2 Å². The molecule has 0 aromatic carbocycles. The number of nitrogens with one attached hydrogen (secondary N) is 1. The van der Waals surface area contributed by atoms with Crippen LogP contribution in [0.5, 0.6) is 0 Å². The number of amides is 1. The zero-order valence-corrected chi connectivity index (χ0v) is 11.7. The predicted molar refractivity (Wildman–Crippen MR) is 70.0 cm³/mol. The van der Waals surface area contributed by atoms with Gasteiger partial charge in [-0.2, -0.15) is 0 Å². The SMILES string of the molecule is COC(CC(C)(NC1CCCCC1)C(N)=O)OC. The van der Waals surface area contributed by atoms with Crippen LogP contribution in [0, 0.1) is 0 Å². The van der Waals surface area contributed by atoms with E-state index >= 15 is 0 Å². The summed E-state index contributed by atoms with van der Waals surface area (Å²) in [5.74, 6) is -0.354. The molecule has 0 bridgehead atoms. The summed E-state index contributed by atoms with van der Waals surface area (Å²) >= 11 is 0. The highest BCUT2D eigenvalue weighted by Crippen LogP contribution is 2.22. The third kappa shape index (κ3) is 4.23.